The van der Waals surface area contributed by atoms with Gasteiger partial charge in [-0.1, -0.05) is 85.7 Å². The van der Waals surface area contributed by atoms with Crippen molar-refractivity contribution in [2.24, 2.45) is 35.1 Å². The number of urea groups is 1. The molecule has 24 nitrogen and oxygen atoms in total. The Labute approximate surface area is 494 Å². The number of amides is 11. The zero-order valence-corrected chi connectivity index (χ0v) is 51.7. The number of rotatable bonds is 34. The van der Waals surface area contributed by atoms with Crippen molar-refractivity contribution in [3.8, 4) is 0 Å². The maximum atomic E-state index is 14.6. The Balaban J connectivity index is 1.64. The van der Waals surface area contributed by atoms with Gasteiger partial charge in [0, 0.05) is 78.1 Å². The number of carbonyl (C=O) groups excluding carboxylic acids is 10. The molecule has 2 aliphatic rings. The van der Waals surface area contributed by atoms with E-state index in [4.69, 9.17) is 37.9 Å². The second-order valence-electron chi connectivity index (χ2n) is 22.8. The average molecular weight is 1180 g/mol. The number of thiocarbonyl (C=S) groups is 1. The summed E-state index contributed by atoms with van der Waals surface area (Å²) in [6.45, 7) is 16.7. The van der Waals surface area contributed by atoms with E-state index in [1.165, 1.54) is 40.2 Å². The van der Waals surface area contributed by atoms with E-state index in [1.54, 1.807) is 75.9 Å². The zero-order valence-electron chi connectivity index (χ0n) is 50.9. The topological polar surface area (TPSA) is 324 Å². The Morgan fingerprint density at radius 2 is 1.45 bits per heavy atom. The minimum Gasteiger partial charge on any atom is -0.445 e. The molecule has 0 radical (unpaired) electrons. The summed E-state index contributed by atoms with van der Waals surface area (Å²) in [5.74, 6) is -4.61. The third-order valence-corrected chi connectivity index (χ3v) is 16.2. The van der Waals surface area contributed by atoms with Crippen LogP contribution in [0.5, 0.6) is 0 Å². The van der Waals surface area contributed by atoms with Crippen LogP contribution in [0.2, 0.25) is 0 Å². The number of ether oxygens (including phenoxy) is 3. The molecular formula is C58H93N11O13S. The first-order valence-electron chi connectivity index (χ1n) is 28.7. The van der Waals surface area contributed by atoms with Gasteiger partial charge in [-0.25, -0.2) is 9.59 Å². The number of carbonyl (C=O) groups is 10. The molecule has 1 aromatic carbocycles. The molecule has 9 atom stereocenters. The third kappa shape index (κ3) is 20.5. The van der Waals surface area contributed by atoms with Crippen LogP contribution in [0.4, 0.5) is 15.3 Å². The van der Waals surface area contributed by atoms with Crippen molar-refractivity contribution >= 4 is 82.3 Å². The quantitative estimate of drug-likeness (QED) is 0.0293. The molecule has 0 bridgehead atoms. The van der Waals surface area contributed by atoms with Crippen molar-refractivity contribution in [3.05, 3.63) is 42.0 Å². The number of methoxy groups -OCH3 is 2. The van der Waals surface area contributed by atoms with Gasteiger partial charge in [0.1, 0.15) is 30.3 Å². The van der Waals surface area contributed by atoms with E-state index in [2.05, 4.69) is 26.6 Å². The van der Waals surface area contributed by atoms with Crippen molar-refractivity contribution in [2.75, 3.05) is 53.3 Å². The second kappa shape index (κ2) is 33.5. The number of hydrogen-bond acceptors (Lipinski definition) is 14. The zero-order chi connectivity index (χ0) is 62.5. The van der Waals surface area contributed by atoms with Crippen LogP contribution in [0.1, 0.15) is 132 Å². The van der Waals surface area contributed by atoms with Crippen LogP contribution >= 0.6 is 12.2 Å². The summed E-state index contributed by atoms with van der Waals surface area (Å²) in [5.41, 5.74) is 10.6. The summed E-state index contributed by atoms with van der Waals surface area (Å²) in [5, 5.41) is 13.7. The molecule has 1 fully saturated rings. The molecule has 0 aliphatic carbocycles. The highest BCUT2D eigenvalue weighted by atomic mass is 32.1. The van der Waals surface area contributed by atoms with E-state index in [0.717, 1.165) is 22.6 Å². The molecule has 1 aromatic rings. The number of nitrogens with two attached hydrogens (primary N) is 2. The van der Waals surface area contributed by atoms with Gasteiger partial charge in [0.25, 0.3) is 11.8 Å². The van der Waals surface area contributed by atoms with Gasteiger partial charge < -0.3 is 62.1 Å². The largest absolute Gasteiger partial charge is 0.445 e. The van der Waals surface area contributed by atoms with Crippen molar-refractivity contribution in [1.82, 2.24) is 40.9 Å². The average Bonchev–Trinajstić information content (AvgIpc) is 4.23. The number of likely N-dealkylation sites (N-methyl/N-ethyl adjacent to an activating group) is 2. The van der Waals surface area contributed by atoms with Crippen molar-refractivity contribution in [3.63, 3.8) is 0 Å². The summed E-state index contributed by atoms with van der Waals surface area (Å²) in [6.07, 6.45) is 4.63. The van der Waals surface area contributed by atoms with Crippen LogP contribution in [-0.4, -0.2) is 180 Å². The number of anilines is 1. The molecule has 2 aliphatic heterocycles. The van der Waals surface area contributed by atoms with Gasteiger partial charge in [-0.15, -0.1) is 0 Å². The Hall–Kier alpha value is -6.73. The third-order valence-electron chi connectivity index (χ3n) is 15.8. The van der Waals surface area contributed by atoms with Crippen LogP contribution < -0.4 is 38.1 Å². The number of hydrogen-bond donors (Lipinski definition) is 7. The lowest BCUT2D eigenvalue weighted by Crippen LogP contribution is -2.62. The molecule has 0 saturated carbocycles. The fraction of sp³-hybridized carbons (Fsp3) is 0.672. The van der Waals surface area contributed by atoms with E-state index in [9.17, 15) is 47.9 Å². The maximum absolute atomic E-state index is 14.6. The molecular weight excluding hydrogens is 1090 g/mol. The highest BCUT2D eigenvalue weighted by molar-refractivity contribution is 7.80. The van der Waals surface area contributed by atoms with Gasteiger partial charge in [0.05, 0.1) is 35.7 Å². The number of nitrogens with one attached hydrogen (secondary N) is 5. The summed E-state index contributed by atoms with van der Waals surface area (Å²) in [7, 11) is 6.16. The molecule has 11 amide bonds. The predicted octanol–water partition coefficient (Wildman–Crippen LogP) is 3.88. The number of nitrogens with zero attached hydrogens (tertiary/aromatic N) is 4. The van der Waals surface area contributed by atoms with E-state index in [-0.39, 0.29) is 98.9 Å². The van der Waals surface area contributed by atoms with Crippen LogP contribution in [0.25, 0.3) is 0 Å². The van der Waals surface area contributed by atoms with Gasteiger partial charge >= 0.3 is 12.1 Å². The van der Waals surface area contributed by atoms with Crippen molar-refractivity contribution < 1.29 is 62.2 Å². The first-order chi connectivity index (χ1) is 39.0. The molecule has 2 heterocycles. The van der Waals surface area contributed by atoms with Gasteiger partial charge in [-0.3, -0.25) is 48.2 Å². The highest BCUT2D eigenvalue weighted by Gasteiger charge is 2.44. The fourth-order valence-electron chi connectivity index (χ4n) is 10.1. The maximum Gasteiger partial charge on any atom is 0.410 e. The van der Waals surface area contributed by atoms with Crippen LogP contribution in [0.15, 0.2) is 36.4 Å². The summed E-state index contributed by atoms with van der Waals surface area (Å²) >= 11 is 5.27. The van der Waals surface area contributed by atoms with Crippen LogP contribution in [0, 0.1) is 23.7 Å². The van der Waals surface area contributed by atoms with Crippen molar-refractivity contribution in [1.29, 1.82) is 0 Å². The van der Waals surface area contributed by atoms with Crippen molar-refractivity contribution in [2.45, 2.75) is 181 Å². The van der Waals surface area contributed by atoms with Gasteiger partial charge in [0.2, 0.25) is 35.4 Å². The normalized spacial score (nSPS) is 17.2. The molecule has 0 spiro atoms. The Kier molecular flexibility index (Phi) is 28.5. The number of primary amides is 1. The summed E-state index contributed by atoms with van der Waals surface area (Å²) < 4.78 is 17.5. The summed E-state index contributed by atoms with van der Waals surface area (Å²) in [6, 6.07) is 1.70. The molecule has 25 heteroatoms. The Morgan fingerprint density at radius 3 is 2.00 bits per heavy atom. The lowest BCUT2D eigenvalue weighted by atomic mass is 9.89. The molecule has 1 saturated heterocycles. The number of benzene rings is 1. The smallest absolute Gasteiger partial charge is 0.410 e. The minimum absolute atomic E-state index is 0.0109. The Bertz CT molecular complexity index is 2440. The molecule has 83 heavy (non-hydrogen) atoms. The highest BCUT2D eigenvalue weighted by Crippen LogP contribution is 2.30. The number of likely N-dealkylation sites (tertiary alicyclic amines) is 1. The number of imide groups is 1. The predicted molar refractivity (Wildman–Crippen MR) is 317 cm³/mol. The van der Waals surface area contributed by atoms with E-state index < -0.39 is 77.5 Å². The van der Waals surface area contributed by atoms with Crippen LogP contribution in [0.3, 0.4) is 0 Å². The second-order valence-corrected chi connectivity index (χ2v) is 23.3. The van der Waals surface area contributed by atoms with Gasteiger partial charge in [-0.2, -0.15) is 0 Å². The van der Waals surface area contributed by atoms with Gasteiger partial charge in [0.15, 0.2) is 0 Å². The first-order valence-corrected chi connectivity index (χ1v) is 29.1. The standard InChI is InChI=1S/C58H93N11O13S/c1-14-36(6)49(42(80-12)32-46(73)68-31-19-21-41(68)50(81-13)37(7)51(59)83)66(10)54(76)48(35(4)5)65-55(77)58(8,9)67(11)57(79)82-33-38-23-25-39(26-24-38)62-52(74)40(20-18-29-61-56(60)78)63-53(75)47(34(2)3)64-43(70)22-16-15-17-30-69-44(71)27-28-45(69)72/h23-28,34-37,40-42,47-50H,14-22,29-33H2,1-13H3,(H2,59,83)(H,62,74)(H,63,75)(H,64,70)(H,65,77)(H3,60,61,78). The first kappa shape index (κ1) is 70.5. The molecule has 464 valence electrons. The van der Waals surface area contributed by atoms with Crippen LogP contribution in [-0.2, 0) is 59.2 Å². The monoisotopic (exact) mass is 1180 g/mol. The lowest BCUT2D eigenvalue weighted by Gasteiger charge is -2.41. The summed E-state index contributed by atoms with van der Waals surface area (Å²) in [4.78, 5) is 138. The molecule has 9 unspecified atom stereocenters. The minimum atomic E-state index is -1.52. The SMILES string of the molecule is CCC(C)C(C(CC(=O)N1CCCC1C(OC)C(C)C(N)=S)OC)N(C)C(=O)C(NC(=O)C(C)(C)N(C)C(=O)OCc1ccc(NC(=O)C(CCCNC(N)=O)NC(=O)C(NC(=O)CCCCCN2C(=O)C=CC2=O)C(C)C)cc1)C(C)C. The molecule has 3 rings (SSSR count). The molecule has 9 N–H and O–H groups in total. The fourth-order valence-corrected chi connectivity index (χ4v) is 10.3. The van der Waals surface area contributed by atoms with E-state index in [1.807, 2.05) is 20.8 Å². The molecule has 0 aromatic heterocycles. The Morgan fingerprint density at radius 1 is 0.819 bits per heavy atom. The van der Waals surface area contributed by atoms with E-state index >= 15 is 0 Å². The van der Waals surface area contributed by atoms with E-state index in [0.29, 0.717) is 48.5 Å². The lowest BCUT2D eigenvalue weighted by molar-refractivity contribution is -0.147. The van der Waals surface area contributed by atoms with Gasteiger partial charge in [-0.05, 0) is 87.8 Å². The number of unbranched alkanes of at least 4 members (excludes halogenated alkanes) is 2.